The van der Waals surface area contributed by atoms with Gasteiger partial charge in [-0.1, -0.05) is 5.21 Å². The van der Waals surface area contributed by atoms with Crippen LogP contribution in [-0.2, 0) is 17.8 Å². The van der Waals surface area contributed by atoms with E-state index in [1.807, 2.05) is 0 Å². The molecule has 0 bridgehead atoms. The van der Waals surface area contributed by atoms with E-state index in [1.165, 1.54) is 23.1 Å². The maximum atomic E-state index is 13.8. The third-order valence-corrected chi connectivity index (χ3v) is 4.09. The highest BCUT2D eigenvalue weighted by atomic mass is 19.1. The summed E-state index contributed by atoms with van der Waals surface area (Å²) >= 11 is 0. The quantitative estimate of drug-likeness (QED) is 0.561. The number of hydrogen-bond donors (Lipinski definition) is 1. The number of carbonyl (C=O) groups is 1. The Morgan fingerprint density at radius 2 is 2.20 bits per heavy atom. The predicted octanol–water partition coefficient (Wildman–Crippen LogP) is 1.17. The molecule has 0 saturated carbocycles. The average molecular weight is 343 g/mol. The molecule has 1 N–H and O–H groups in total. The molecule has 0 amide bonds. The maximum absolute atomic E-state index is 13.8. The molecule has 1 aliphatic heterocycles. The van der Waals surface area contributed by atoms with Crippen molar-refractivity contribution in [1.82, 2.24) is 24.5 Å². The number of imidazole rings is 1. The third-order valence-electron chi connectivity index (χ3n) is 4.09. The van der Waals surface area contributed by atoms with Crippen LogP contribution in [0.3, 0.4) is 0 Å². The molecule has 1 aromatic carbocycles. The fraction of sp³-hybridized carbons (Fsp3) is 0.250. The largest absolute Gasteiger partial charge is 0.461 e. The summed E-state index contributed by atoms with van der Waals surface area (Å²) in [6.07, 6.45) is 1.74. The van der Waals surface area contributed by atoms with E-state index in [1.54, 1.807) is 17.6 Å². The van der Waals surface area contributed by atoms with E-state index in [9.17, 15) is 14.3 Å². The van der Waals surface area contributed by atoms with Gasteiger partial charge in [-0.3, -0.25) is 4.57 Å². The molecule has 1 aliphatic rings. The van der Waals surface area contributed by atoms with Crippen molar-refractivity contribution in [2.45, 2.75) is 20.0 Å². The standard InChI is InChI=1S/C16H14FN5O3/c1-2-25-16(24)15-14-6-12-10(7-23)19-20-22(12)13-5-9(17)3-4-11(13)21(14)8-18-15/h3-5,8,23H,2,6-7H2,1H3. The topological polar surface area (TPSA) is 95.1 Å². The van der Waals surface area contributed by atoms with Gasteiger partial charge in [0.2, 0.25) is 0 Å². The van der Waals surface area contributed by atoms with Gasteiger partial charge in [-0.05, 0) is 19.1 Å². The van der Waals surface area contributed by atoms with Crippen LogP contribution in [0.15, 0.2) is 24.5 Å². The lowest BCUT2D eigenvalue weighted by Crippen LogP contribution is -2.11. The Morgan fingerprint density at radius 3 is 2.96 bits per heavy atom. The molecular formula is C16H14FN5O3. The zero-order valence-electron chi connectivity index (χ0n) is 13.3. The maximum Gasteiger partial charge on any atom is 0.358 e. The predicted molar refractivity (Wildman–Crippen MR) is 83.1 cm³/mol. The number of halogens is 1. The molecule has 2 aromatic heterocycles. The van der Waals surface area contributed by atoms with Gasteiger partial charge in [-0.2, -0.15) is 0 Å². The molecule has 4 rings (SSSR count). The molecule has 9 heteroatoms. The van der Waals surface area contributed by atoms with Crippen LogP contribution in [0.5, 0.6) is 0 Å². The van der Waals surface area contributed by atoms with Gasteiger partial charge in [0.25, 0.3) is 0 Å². The first-order valence-corrected chi connectivity index (χ1v) is 7.72. The molecule has 0 unspecified atom stereocenters. The van der Waals surface area contributed by atoms with Crippen molar-refractivity contribution in [3.05, 3.63) is 53.1 Å². The highest BCUT2D eigenvalue weighted by Gasteiger charge is 2.28. The van der Waals surface area contributed by atoms with E-state index in [2.05, 4.69) is 15.3 Å². The lowest BCUT2D eigenvalue weighted by Gasteiger charge is -2.09. The van der Waals surface area contributed by atoms with Gasteiger partial charge in [0.1, 0.15) is 17.8 Å². The molecule has 0 radical (unpaired) electrons. The van der Waals surface area contributed by atoms with E-state index in [-0.39, 0.29) is 25.3 Å². The van der Waals surface area contributed by atoms with E-state index in [0.29, 0.717) is 28.5 Å². The zero-order valence-corrected chi connectivity index (χ0v) is 13.3. The second-order valence-corrected chi connectivity index (χ2v) is 5.49. The van der Waals surface area contributed by atoms with Crippen LogP contribution in [-0.4, -0.2) is 42.2 Å². The Balaban J connectivity index is 1.99. The Bertz CT molecular complexity index is 978. The van der Waals surface area contributed by atoms with Crippen LogP contribution in [0.4, 0.5) is 4.39 Å². The Morgan fingerprint density at radius 1 is 1.36 bits per heavy atom. The van der Waals surface area contributed by atoms with Crippen LogP contribution in [0.1, 0.15) is 34.5 Å². The first-order valence-electron chi connectivity index (χ1n) is 7.72. The highest BCUT2D eigenvalue weighted by molar-refractivity contribution is 5.89. The summed E-state index contributed by atoms with van der Waals surface area (Å²) in [7, 11) is 0. The van der Waals surface area contributed by atoms with Crippen LogP contribution < -0.4 is 0 Å². The van der Waals surface area contributed by atoms with Crippen LogP contribution >= 0.6 is 0 Å². The SMILES string of the molecule is CCOC(=O)c1ncn2c1Cc1c(CO)nnn1-c1cc(F)ccc1-2. The van der Waals surface area contributed by atoms with Crippen molar-refractivity contribution in [2.24, 2.45) is 0 Å². The Kier molecular flexibility index (Phi) is 3.57. The fourth-order valence-electron chi connectivity index (χ4n) is 2.97. The van der Waals surface area contributed by atoms with Gasteiger partial charge in [0.15, 0.2) is 5.69 Å². The van der Waals surface area contributed by atoms with Crippen LogP contribution in [0, 0.1) is 5.82 Å². The lowest BCUT2D eigenvalue weighted by atomic mass is 10.1. The summed E-state index contributed by atoms with van der Waals surface area (Å²) in [6, 6.07) is 4.23. The van der Waals surface area contributed by atoms with Crippen molar-refractivity contribution >= 4 is 5.97 Å². The lowest BCUT2D eigenvalue weighted by molar-refractivity contribution is 0.0519. The summed E-state index contributed by atoms with van der Waals surface area (Å²) < 4.78 is 22.1. The highest BCUT2D eigenvalue weighted by Crippen LogP contribution is 2.30. The molecule has 0 aliphatic carbocycles. The molecule has 0 fully saturated rings. The summed E-state index contributed by atoms with van der Waals surface area (Å²) in [6.45, 7) is 1.63. The monoisotopic (exact) mass is 343 g/mol. The number of hydrogen-bond acceptors (Lipinski definition) is 6. The van der Waals surface area contributed by atoms with E-state index < -0.39 is 11.8 Å². The van der Waals surface area contributed by atoms with E-state index >= 15 is 0 Å². The molecule has 0 saturated heterocycles. The minimum atomic E-state index is -0.536. The number of aromatic nitrogens is 5. The normalized spacial score (nSPS) is 12.1. The summed E-state index contributed by atoms with van der Waals surface area (Å²) in [5, 5.41) is 17.5. The van der Waals surface area contributed by atoms with Gasteiger partial charge in [0.05, 0.1) is 36.0 Å². The Labute approximate surface area is 141 Å². The minimum Gasteiger partial charge on any atom is -0.461 e. The van der Waals surface area contributed by atoms with Crippen molar-refractivity contribution in [3.8, 4) is 11.4 Å². The summed E-state index contributed by atoms with van der Waals surface area (Å²) in [5.41, 5.74) is 2.73. The summed E-state index contributed by atoms with van der Waals surface area (Å²) in [4.78, 5) is 16.4. The first-order chi connectivity index (χ1) is 12.1. The summed E-state index contributed by atoms with van der Waals surface area (Å²) in [5.74, 6) is -0.966. The number of esters is 1. The number of aliphatic hydroxyl groups is 1. The number of fused-ring (bicyclic) bond motifs is 5. The molecule has 3 aromatic rings. The molecular weight excluding hydrogens is 329 g/mol. The number of ether oxygens (including phenoxy) is 1. The number of benzene rings is 1. The van der Waals surface area contributed by atoms with Gasteiger partial charge >= 0.3 is 5.97 Å². The Hall–Kier alpha value is -3.07. The van der Waals surface area contributed by atoms with Crippen LogP contribution in [0.2, 0.25) is 0 Å². The average Bonchev–Trinajstić information content (AvgIpc) is 3.17. The second-order valence-electron chi connectivity index (χ2n) is 5.49. The minimum absolute atomic E-state index is 0.177. The number of aliphatic hydroxyl groups excluding tert-OH is 1. The zero-order chi connectivity index (χ0) is 17.6. The molecule has 25 heavy (non-hydrogen) atoms. The molecule has 0 atom stereocenters. The number of rotatable bonds is 3. The van der Waals surface area contributed by atoms with E-state index in [4.69, 9.17) is 4.74 Å². The molecule has 128 valence electrons. The first kappa shape index (κ1) is 15.5. The molecule has 8 nitrogen and oxygen atoms in total. The van der Waals surface area contributed by atoms with Crippen molar-refractivity contribution < 1.29 is 19.0 Å². The number of carbonyl (C=O) groups excluding carboxylic acids is 1. The number of nitrogens with zero attached hydrogens (tertiary/aromatic N) is 5. The fourth-order valence-corrected chi connectivity index (χ4v) is 2.97. The van der Waals surface area contributed by atoms with Crippen LogP contribution in [0.25, 0.3) is 11.4 Å². The third kappa shape index (κ3) is 2.31. The molecule has 0 spiro atoms. The van der Waals surface area contributed by atoms with Gasteiger partial charge in [-0.15, -0.1) is 5.10 Å². The van der Waals surface area contributed by atoms with Crippen molar-refractivity contribution in [1.29, 1.82) is 0 Å². The van der Waals surface area contributed by atoms with Gasteiger partial charge in [-0.25, -0.2) is 18.9 Å². The molecule has 3 heterocycles. The second kappa shape index (κ2) is 5.78. The smallest absolute Gasteiger partial charge is 0.358 e. The van der Waals surface area contributed by atoms with E-state index in [0.717, 1.165) is 0 Å². The van der Waals surface area contributed by atoms with Gasteiger partial charge < -0.3 is 9.84 Å². The van der Waals surface area contributed by atoms with Gasteiger partial charge in [0, 0.05) is 12.5 Å². The van der Waals surface area contributed by atoms with Crippen molar-refractivity contribution in [2.75, 3.05) is 6.61 Å². The van der Waals surface area contributed by atoms with Crippen molar-refractivity contribution in [3.63, 3.8) is 0 Å².